The van der Waals surface area contributed by atoms with Crippen molar-refractivity contribution in [1.82, 2.24) is 19.5 Å². The largest absolute Gasteiger partial charge is 0.481 e. The lowest BCUT2D eigenvalue weighted by molar-refractivity contribution is -0.147. The Morgan fingerprint density at radius 1 is 1.36 bits per heavy atom. The molecule has 1 amide bonds. The first kappa shape index (κ1) is 14.5. The van der Waals surface area contributed by atoms with Crippen molar-refractivity contribution in [1.29, 1.82) is 0 Å². The minimum Gasteiger partial charge on any atom is -0.481 e. The van der Waals surface area contributed by atoms with Crippen LogP contribution in [0.15, 0.2) is 12.3 Å². The van der Waals surface area contributed by atoms with Crippen LogP contribution in [0.1, 0.15) is 35.1 Å². The summed E-state index contributed by atoms with van der Waals surface area (Å²) in [6.45, 7) is 6.02. The summed E-state index contributed by atoms with van der Waals surface area (Å²) in [5, 5.41) is 13.6. The Hall–Kier alpha value is -2.44. The lowest BCUT2D eigenvalue weighted by Crippen LogP contribution is -2.35. The molecule has 1 fully saturated rings. The van der Waals surface area contributed by atoms with Crippen molar-refractivity contribution in [3.05, 3.63) is 29.2 Å². The summed E-state index contributed by atoms with van der Waals surface area (Å²) in [5.41, 5.74) is 1.84. The Morgan fingerprint density at radius 3 is 2.73 bits per heavy atom. The van der Waals surface area contributed by atoms with Crippen molar-refractivity contribution < 1.29 is 14.7 Å². The zero-order chi connectivity index (χ0) is 16.1. The summed E-state index contributed by atoms with van der Waals surface area (Å²) in [6, 6.07) is 1.85. The first-order chi connectivity index (χ1) is 10.3. The smallest absolute Gasteiger partial charge is 0.311 e. The van der Waals surface area contributed by atoms with E-state index in [1.54, 1.807) is 22.5 Å². The molecule has 1 unspecified atom stereocenters. The highest BCUT2D eigenvalue weighted by atomic mass is 16.4. The number of amides is 1. The van der Waals surface area contributed by atoms with Gasteiger partial charge < -0.3 is 10.0 Å². The van der Waals surface area contributed by atoms with Crippen molar-refractivity contribution in [2.24, 2.45) is 5.41 Å². The molecule has 1 aliphatic rings. The Morgan fingerprint density at radius 2 is 2.09 bits per heavy atom. The van der Waals surface area contributed by atoms with Crippen LogP contribution in [0.25, 0.3) is 5.65 Å². The number of nitrogens with zero attached hydrogens (tertiary/aromatic N) is 4. The summed E-state index contributed by atoms with van der Waals surface area (Å²) in [5.74, 6) is -1.05. The van der Waals surface area contributed by atoms with Crippen LogP contribution < -0.4 is 0 Å². The fraction of sp³-hybridized carbons (Fsp3) is 0.467. The molecule has 22 heavy (non-hydrogen) atoms. The molecular weight excluding hydrogens is 284 g/mol. The number of hydrogen-bond acceptors (Lipinski definition) is 4. The van der Waals surface area contributed by atoms with E-state index < -0.39 is 11.4 Å². The van der Waals surface area contributed by atoms with Crippen LogP contribution >= 0.6 is 0 Å². The predicted octanol–water partition coefficient (Wildman–Crippen LogP) is 1.28. The average Bonchev–Trinajstić information content (AvgIpc) is 3.03. The normalized spacial score (nSPS) is 21.5. The number of carboxylic acid groups (broad SMARTS) is 1. The number of aliphatic carboxylic acids is 1. The van der Waals surface area contributed by atoms with Crippen molar-refractivity contribution in [2.75, 3.05) is 13.1 Å². The van der Waals surface area contributed by atoms with Crippen molar-refractivity contribution in [3.8, 4) is 0 Å². The van der Waals surface area contributed by atoms with E-state index >= 15 is 0 Å². The molecule has 1 atom stereocenters. The number of fused-ring (bicyclic) bond motifs is 1. The molecule has 1 aliphatic heterocycles. The molecule has 0 spiro atoms. The molecule has 116 valence electrons. The highest BCUT2D eigenvalue weighted by Crippen LogP contribution is 2.31. The molecule has 0 aromatic carbocycles. The van der Waals surface area contributed by atoms with Crippen molar-refractivity contribution in [2.45, 2.75) is 27.2 Å². The maximum Gasteiger partial charge on any atom is 0.311 e. The molecule has 3 heterocycles. The number of likely N-dealkylation sites (tertiary alicyclic amines) is 1. The quantitative estimate of drug-likeness (QED) is 0.903. The van der Waals surface area contributed by atoms with Crippen LogP contribution in [0, 0.1) is 19.3 Å². The van der Waals surface area contributed by atoms with E-state index in [-0.39, 0.29) is 12.5 Å². The first-order valence-electron chi connectivity index (χ1n) is 7.16. The highest BCUT2D eigenvalue weighted by Gasteiger charge is 2.42. The third-order valence-electron chi connectivity index (χ3n) is 4.35. The van der Waals surface area contributed by atoms with E-state index in [2.05, 4.69) is 10.1 Å². The van der Waals surface area contributed by atoms with Gasteiger partial charge in [-0.25, -0.2) is 9.50 Å². The molecule has 1 N–H and O–H groups in total. The Balaban J connectivity index is 1.93. The van der Waals surface area contributed by atoms with Gasteiger partial charge in [-0.15, -0.1) is 0 Å². The van der Waals surface area contributed by atoms with Gasteiger partial charge in [-0.1, -0.05) is 0 Å². The number of aromatic nitrogens is 3. The molecule has 3 rings (SSSR count). The average molecular weight is 302 g/mol. The summed E-state index contributed by atoms with van der Waals surface area (Å²) in [4.78, 5) is 29.8. The SMILES string of the molecule is Cc1cc2ncc(C(=O)N3CCC(C)(C(=O)O)C3)c(C)n2n1. The Labute approximate surface area is 127 Å². The minimum absolute atomic E-state index is 0.190. The van der Waals surface area contributed by atoms with Crippen LogP contribution in [0.5, 0.6) is 0 Å². The molecule has 2 aromatic heterocycles. The van der Waals surface area contributed by atoms with Gasteiger partial charge in [0.1, 0.15) is 0 Å². The zero-order valence-corrected chi connectivity index (χ0v) is 12.8. The van der Waals surface area contributed by atoms with Crippen molar-refractivity contribution in [3.63, 3.8) is 0 Å². The molecule has 1 saturated heterocycles. The minimum atomic E-state index is -0.872. The van der Waals surface area contributed by atoms with Crippen LogP contribution in [0.4, 0.5) is 0 Å². The molecular formula is C15H18N4O3. The van der Waals surface area contributed by atoms with E-state index in [0.717, 1.165) is 5.69 Å². The van der Waals surface area contributed by atoms with Gasteiger partial charge in [-0.2, -0.15) is 5.10 Å². The van der Waals surface area contributed by atoms with Gasteiger partial charge >= 0.3 is 5.97 Å². The van der Waals surface area contributed by atoms with Gasteiger partial charge in [0.2, 0.25) is 0 Å². The summed E-state index contributed by atoms with van der Waals surface area (Å²) >= 11 is 0. The Kier molecular flexibility index (Phi) is 3.16. The number of aryl methyl sites for hydroxylation is 2. The molecule has 2 aromatic rings. The van der Waals surface area contributed by atoms with E-state index in [1.165, 1.54) is 0 Å². The summed E-state index contributed by atoms with van der Waals surface area (Å²) in [7, 11) is 0. The monoisotopic (exact) mass is 302 g/mol. The molecule has 0 radical (unpaired) electrons. The maximum atomic E-state index is 12.7. The van der Waals surface area contributed by atoms with E-state index in [0.29, 0.717) is 29.9 Å². The number of hydrogen-bond donors (Lipinski definition) is 1. The second-order valence-corrected chi connectivity index (χ2v) is 6.16. The van der Waals surface area contributed by atoms with Crippen molar-refractivity contribution >= 4 is 17.5 Å². The van der Waals surface area contributed by atoms with E-state index in [4.69, 9.17) is 0 Å². The van der Waals surface area contributed by atoms with Gasteiger partial charge in [0.05, 0.1) is 22.4 Å². The number of carbonyl (C=O) groups excluding carboxylic acids is 1. The molecule has 7 nitrogen and oxygen atoms in total. The summed E-state index contributed by atoms with van der Waals surface area (Å²) in [6.07, 6.45) is 2.01. The zero-order valence-electron chi connectivity index (χ0n) is 12.8. The lowest BCUT2D eigenvalue weighted by atomic mass is 9.90. The molecule has 0 saturated carbocycles. The molecule has 0 bridgehead atoms. The highest BCUT2D eigenvalue weighted by molar-refractivity contribution is 5.96. The number of carboxylic acids is 1. The van der Waals surface area contributed by atoms with Gasteiger partial charge in [0.25, 0.3) is 5.91 Å². The fourth-order valence-corrected chi connectivity index (χ4v) is 2.85. The topological polar surface area (TPSA) is 87.8 Å². The standard InChI is InChI=1S/C15H18N4O3/c1-9-6-12-16-7-11(10(2)19(12)17-9)13(20)18-5-4-15(3,8-18)14(21)22/h6-7H,4-5,8H2,1-3H3,(H,21,22). The van der Waals surface area contributed by atoms with Gasteiger partial charge in [0, 0.05) is 25.4 Å². The van der Waals surface area contributed by atoms with Crippen LogP contribution in [0.3, 0.4) is 0 Å². The van der Waals surface area contributed by atoms with Gasteiger partial charge in [-0.05, 0) is 27.2 Å². The van der Waals surface area contributed by atoms with Crippen LogP contribution in [0.2, 0.25) is 0 Å². The third-order valence-corrected chi connectivity index (χ3v) is 4.35. The van der Waals surface area contributed by atoms with E-state index in [9.17, 15) is 14.7 Å². The van der Waals surface area contributed by atoms with Crippen LogP contribution in [-0.4, -0.2) is 49.6 Å². The predicted molar refractivity (Wildman–Crippen MR) is 78.7 cm³/mol. The second-order valence-electron chi connectivity index (χ2n) is 6.16. The van der Waals surface area contributed by atoms with Crippen LogP contribution in [-0.2, 0) is 4.79 Å². The van der Waals surface area contributed by atoms with E-state index in [1.807, 2.05) is 19.9 Å². The summed E-state index contributed by atoms with van der Waals surface area (Å²) < 4.78 is 1.65. The number of rotatable bonds is 2. The second kappa shape index (κ2) is 4.79. The Bertz CT molecular complexity index is 782. The number of carbonyl (C=O) groups is 2. The third kappa shape index (κ3) is 2.13. The maximum absolute atomic E-state index is 12.7. The molecule has 0 aliphatic carbocycles. The lowest BCUT2D eigenvalue weighted by Gasteiger charge is -2.20. The van der Waals surface area contributed by atoms with Gasteiger partial charge in [0.15, 0.2) is 5.65 Å². The van der Waals surface area contributed by atoms with Gasteiger partial charge in [-0.3, -0.25) is 9.59 Å². The first-order valence-corrected chi connectivity index (χ1v) is 7.16. The molecule has 7 heteroatoms. The fourth-order valence-electron chi connectivity index (χ4n) is 2.85.